The molecule has 0 aromatic carbocycles. The van der Waals surface area contributed by atoms with Crippen LogP contribution in [0, 0.1) is 0 Å². The zero-order chi connectivity index (χ0) is 10.5. The third-order valence-electron chi connectivity index (χ3n) is 2.91. The van der Waals surface area contributed by atoms with E-state index < -0.39 is 0 Å². The molecule has 0 aliphatic carbocycles. The average Bonchev–Trinajstić information content (AvgIpc) is 2.31. The van der Waals surface area contributed by atoms with Crippen LogP contribution in [0.25, 0.3) is 0 Å². The monoisotopic (exact) mass is 225 g/mol. The quantitative estimate of drug-likeness (QED) is 0.740. The molecule has 0 bridgehead atoms. The Balaban J connectivity index is 2.11. The van der Waals surface area contributed by atoms with Gasteiger partial charge in [0.25, 0.3) is 0 Å². The Morgan fingerprint density at radius 1 is 1.40 bits per heavy atom. The van der Waals surface area contributed by atoms with Crippen LogP contribution in [0.2, 0.25) is 0 Å². The van der Waals surface area contributed by atoms with Crippen LogP contribution in [0.3, 0.4) is 0 Å². The summed E-state index contributed by atoms with van der Waals surface area (Å²) in [5, 5.41) is 0. The van der Waals surface area contributed by atoms with Crippen LogP contribution in [-0.2, 0) is 0 Å². The van der Waals surface area contributed by atoms with E-state index in [4.69, 9.17) is 11.6 Å². The molecule has 1 aliphatic rings. The zero-order valence-corrected chi connectivity index (χ0v) is 9.53. The maximum absolute atomic E-state index is 5.82. The fourth-order valence-electron chi connectivity index (χ4n) is 2.17. The zero-order valence-electron chi connectivity index (χ0n) is 8.77. The molecule has 0 spiro atoms. The van der Waals surface area contributed by atoms with E-state index in [1.807, 2.05) is 6.20 Å². The van der Waals surface area contributed by atoms with Gasteiger partial charge in [-0.25, -0.2) is 4.98 Å². The molecule has 1 fully saturated rings. The molecule has 82 valence electrons. The van der Waals surface area contributed by atoms with Gasteiger partial charge in [0.2, 0.25) is 0 Å². The summed E-state index contributed by atoms with van der Waals surface area (Å²) in [4.78, 5) is 10.8. The summed E-state index contributed by atoms with van der Waals surface area (Å²) in [5.74, 6) is 1.72. The molecule has 0 N–H and O–H groups in total. The third-order valence-corrected chi connectivity index (χ3v) is 3.13. The summed E-state index contributed by atoms with van der Waals surface area (Å²) in [7, 11) is 0. The van der Waals surface area contributed by atoms with Crippen molar-refractivity contribution in [2.24, 2.45) is 0 Å². The first-order valence-electron chi connectivity index (χ1n) is 5.50. The predicted molar refractivity (Wildman–Crippen MR) is 62.4 cm³/mol. The van der Waals surface area contributed by atoms with E-state index in [9.17, 15) is 0 Å². The van der Waals surface area contributed by atoms with Gasteiger partial charge in [0.15, 0.2) is 0 Å². The first kappa shape index (κ1) is 10.7. The van der Waals surface area contributed by atoms with Crippen LogP contribution >= 0.6 is 11.6 Å². The summed E-state index contributed by atoms with van der Waals surface area (Å²) in [6, 6.07) is 0.549. The fourth-order valence-corrected chi connectivity index (χ4v) is 2.42. The number of halogens is 1. The lowest BCUT2D eigenvalue weighted by molar-refractivity contribution is 0.448. The molecule has 1 saturated heterocycles. The third kappa shape index (κ3) is 2.59. The Kier molecular flexibility index (Phi) is 3.78. The van der Waals surface area contributed by atoms with Gasteiger partial charge in [-0.2, -0.15) is 0 Å². The lowest BCUT2D eigenvalue weighted by Crippen LogP contribution is -2.40. The summed E-state index contributed by atoms with van der Waals surface area (Å²) < 4.78 is 0. The van der Waals surface area contributed by atoms with E-state index in [0.717, 1.165) is 24.7 Å². The van der Waals surface area contributed by atoms with Gasteiger partial charge in [0, 0.05) is 30.9 Å². The topological polar surface area (TPSA) is 29.0 Å². The highest BCUT2D eigenvalue weighted by molar-refractivity contribution is 6.17. The second-order valence-corrected chi connectivity index (χ2v) is 4.26. The molecule has 1 atom stereocenters. The van der Waals surface area contributed by atoms with Crippen molar-refractivity contribution in [1.82, 2.24) is 9.97 Å². The van der Waals surface area contributed by atoms with Crippen LogP contribution in [0.1, 0.15) is 25.7 Å². The number of nitrogens with zero attached hydrogens (tertiary/aromatic N) is 3. The van der Waals surface area contributed by atoms with E-state index in [0.29, 0.717) is 6.04 Å². The maximum atomic E-state index is 5.82. The van der Waals surface area contributed by atoms with Crippen LogP contribution in [-0.4, -0.2) is 28.4 Å². The Morgan fingerprint density at radius 3 is 3.07 bits per heavy atom. The number of hydrogen-bond acceptors (Lipinski definition) is 3. The molecule has 1 aliphatic heterocycles. The molecule has 1 aromatic heterocycles. The molecule has 0 amide bonds. The second kappa shape index (κ2) is 5.31. The first-order valence-corrected chi connectivity index (χ1v) is 6.04. The summed E-state index contributed by atoms with van der Waals surface area (Å²) in [5.41, 5.74) is 0. The van der Waals surface area contributed by atoms with E-state index in [2.05, 4.69) is 14.9 Å². The summed E-state index contributed by atoms with van der Waals surface area (Å²) in [6.45, 7) is 1.08. The largest absolute Gasteiger partial charge is 0.352 e. The van der Waals surface area contributed by atoms with Crippen molar-refractivity contribution in [1.29, 1.82) is 0 Å². The minimum Gasteiger partial charge on any atom is -0.352 e. The molecular weight excluding hydrogens is 210 g/mol. The van der Waals surface area contributed by atoms with E-state index >= 15 is 0 Å². The van der Waals surface area contributed by atoms with Crippen LogP contribution in [0.5, 0.6) is 0 Å². The van der Waals surface area contributed by atoms with Crippen LogP contribution in [0.15, 0.2) is 18.6 Å². The number of hydrogen-bond donors (Lipinski definition) is 0. The number of piperidine rings is 1. The van der Waals surface area contributed by atoms with E-state index in [1.165, 1.54) is 19.3 Å². The molecule has 4 heteroatoms. The molecule has 2 heterocycles. The normalized spacial score (nSPS) is 21.7. The van der Waals surface area contributed by atoms with Crippen molar-refractivity contribution >= 4 is 17.4 Å². The molecule has 3 nitrogen and oxygen atoms in total. The second-order valence-electron chi connectivity index (χ2n) is 3.88. The summed E-state index contributed by atoms with van der Waals surface area (Å²) in [6.07, 6.45) is 10.1. The van der Waals surface area contributed by atoms with Crippen LogP contribution < -0.4 is 4.90 Å². The Bertz CT molecular complexity index is 289. The standard InChI is InChI=1S/C11H16ClN3/c12-5-4-10-3-1-2-8-15(10)11-9-13-6-7-14-11/h6-7,9-10H,1-5,8H2. The Hall–Kier alpha value is -0.830. The highest BCUT2D eigenvalue weighted by Crippen LogP contribution is 2.24. The molecule has 1 unspecified atom stereocenters. The van der Waals surface area contributed by atoms with Crippen molar-refractivity contribution in [2.75, 3.05) is 17.3 Å². The minimum atomic E-state index is 0.549. The van der Waals surface area contributed by atoms with Gasteiger partial charge in [0.05, 0.1) is 6.20 Å². The van der Waals surface area contributed by atoms with Crippen molar-refractivity contribution in [3.63, 3.8) is 0 Å². The number of rotatable bonds is 3. The maximum Gasteiger partial charge on any atom is 0.147 e. The Morgan fingerprint density at radius 2 is 2.33 bits per heavy atom. The van der Waals surface area contributed by atoms with Crippen LogP contribution in [0.4, 0.5) is 5.82 Å². The lowest BCUT2D eigenvalue weighted by Gasteiger charge is -2.36. The number of alkyl halides is 1. The van der Waals surface area contributed by atoms with E-state index in [1.54, 1.807) is 12.4 Å². The van der Waals surface area contributed by atoms with Gasteiger partial charge in [-0.3, -0.25) is 4.98 Å². The predicted octanol–water partition coefficient (Wildman–Crippen LogP) is 2.46. The van der Waals surface area contributed by atoms with Crippen molar-refractivity contribution < 1.29 is 0 Å². The van der Waals surface area contributed by atoms with Gasteiger partial charge in [-0.1, -0.05) is 0 Å². The van der Waals surface area contributed by atoms with Crippen molar-refractivity contribution in [3.8, 4) is 0 Å². The summed E-state index contributed by atoms with van der Waals surface area (Å²) >= 11 is 5.82. The van der Waals surface area contributed by atoms with Gasteiger partial charge < -0.3 is 4.90 Å². The van der Waals surface area contributed by atoms with Crippen molar-refractivity contribution in [3.05, 3.63) is 18.6 Å². The highest BCUT2D eigenvalue weighted by atomic mass is 35.5. The molecule has 15 heavy (non-hydrogen) atoms. The van der Waals surface area contributed by atoms with E-state index in [-0.39, 0.29) is 0 Å². The SMILES string of the molecule is ClCCC1CCCCN1c1cnccn1. The Labute approximate surface area is 95.5 Å². The van der Waals surface area contributed by atoms with Gasteiger partial charge in [0.1, 0.15) is 5.82 Å². The smallest absolute Gasteiger partial charge is 0.147 e. The first-order chi connectivity index (χ1) is 7.42. The molecule has 0 radical (unpaired) electrons. The lowest BCUT2D eigenvalue weighted by atomic mass is 10.0. The highest BCUT2D eigenvalue weighted by Gasteiger charge is 2.22. The molecule has 2 rings (SSSR count). The van der Waals surface area contributed by atoms with Gasteiger partial charge in [-0.15, -0.1) is 11.6 Å². The average molecular weight is 226 g/mol. The number of aromatic nitrogens is 2. The molecule has 0 saturated carbocycles. The number of anilines is 1. The molecular formula is C11H16ClN3. The fraction of sp³-hybridized carbons (Fsp3) is 0.636. The van der Waals surface area contributed by atoms with Gasteiger partial charge in [-0.05, 0) is 25.7 Å². The molecule has 1 aromatic rings. The minimum absolute atomic E-state index is 0.549. The van der Waals surface area contributed by atoms with Crippen molar-refractivity contribution in [2.45, 2.75) is 31.7 Å². The van der Waals surface area contributed by atoms with Gasteiger partial charge >= 0.3 is 0 Å².